The summed E-state index contributed by atoms with van der Waals surface area (Å²) in [5.41, 5.74) is 5.34. The average Bonchev–Trinajstić information content (AvgIpc) is 2.95. The van der Waals surface area contributed by atoms with Gasteiger partial charge in [0.25, 0.3) is 0 Å². The summed E-state index contributed by atoms with van der Waals surface area (Å²) in [7, 11) is 1.68. The van der Waals surface area contributed by atoms with Crippen LogP contribution < -0.4 is 10.2 Å². The molecule has 0 bridgehead atoms. The third-order valence-electron chi connectivity index (χ3n) is 3.93. The first-order valence-electron chi connectivity index (χ1n) is 7.81. The van der Waals surface area contributed by atoms with Gasteiger partial charge in [-0.2, -0.15) is 0 Å². The minimum absolute atomic E-state index is 0.642. The first kappa shape index (κ1) is 14.8. The van der Waals surface area contributed by atoms with Gasteiger partial charge in [-0.15, -0.1) is 0 Å². The van der Waals surface area contributed by atoms with E-state index in [0.29, 0.717) is 6.67 Å². The molecule has 0 fully saturated rings. The van der Waals surface area contributed by atoms with E-state index in [2.05, 4.69) is 36.0 Å². The van der Waals surface area contributed by atoms with Crippen molar-refractivity contribution >= 4 is 22.9 Å². The molecule has 6 heteroatoms. The fraction of sp³-hybridized carbons (Fsp3) is 0.500. The summed E-state index contributed by atoms with van der Waals surface area (Å²) in [6.45, 7) is 7.84. The van der Waals surface area contributed by atoms with Crippen molar-refractivity contribution in [2.45, 2.75) is 33.6 Å². The molecule has 0 radical (unpaired) electrons. The van der Waals surface area contributed by atoms with Crippen LogP contribution >= 0.6 is 0 Å². The van der Waals surface area contributed by atoms with Crippen molar-refractivity contribution in [2.24, 2.45) is 4.99 Å². The maximum absolute atomic E-state index is 5.36. The highest BCUT2D eigenvalue weighted by molar-refractivity contribution is 6.09. The second kappa shape index (κ2) is 5.96. The van der Waals surface area contributed by atoms with Gasteiger partial charge in [0.1, 0.15) is 12.4 Å². The summed E-state index contributed by atoms with van der Waals surface area (Å²) >= 11 is 0. The van der Waals surface area contributed by atoms with E-state index < -0.39 is 0 Å². The average molecular weight is 301 g/mol. The van der Waals surface area contributed by atoms with Crippen molar-refractivity contribution in [1.29, 1.82) is 0 Å². The smallest absolute Gasteiger partial charge is 0.162 e. The molecule has 6 nitrogen and oxygen atoms in total. The van der Waals surface area contributed by atoms with Crippen LogP contribution in [-0.4, -0.2) is 36.1 Å². The Morgan fingerprint density at radius 3 is 2.86 bits per heavy atom. The summed E-state index contributed by atoms with van der Waals surface area (Å²) in [5.74, 6) is 0.896. The molecule has 1 aromatic rings. The van der Waals surface area contributed by atoms with E-state index in [4.69, 9.17) is 9.83 Å². The van der Waals surface area contributed by atoms with E-state index >= 15 is 0 Å². The van der Waals surface area contributed by atoms with Gasteiger partial charge in [-0.05, 0) is 25.8 Å². The number of anilines is 2. The van der Waals surface area contributed by atoms with Crippen LogP contribution in [0.4, 0.5) is 17.2 Å². The van der Waals surface area contributed by atoms with Gasteiger partial charge in [-0.3, -0.25) is 4.84 Å². The fourth-order valence-electron chi connectivity index (χ4n) is 2.88. The zero-order chi connectivity index (χ0) is 15.7. The molecule has 0 aliphatic carbocycles. The van der Waals surface area contributed by atoms with Gasteiger partial charge in [0.15, 0.2) is 5.82 Å². The maximum Gasteiger partial charge on any atom is 0.162 e. The third kappa shape index (κ3) is 2.33. The maximum atomic E-state index is 5.36. The lowest BCUT2D eigenvalue weighted by Crippen LogP contribution is -2.31. The molecular weight excluding hydrogens is 278 g/mol. The SMILES string of the molecule is CCCC1=Nc2c(ncc(C)c2NCC)N2CN(OC)C=C12. The largest absolute Gasteiger partial charge is 0.383 e. The first-order valence-corrected chi connectivity index (χ1v) is 7.81. The Labute approximate surface area is 131 Å². The van der Waals surface area contributed by atoms with Crippen LogP contribution in [0.2, 0.25) is 0 Å². The summed E-state index contributed by atoms with van der Waals surface area (Å²) in [5, 5.41) is 5.24. The first-order chi connectivity index (χ1) is 10.7. The Morgan fingerprint density at radius 1 is 1.36 bits per heavy atom. The lowest BCUT2D eigenvalue weighted by Gasteiger charge is -2.29. The van der Waals surface area contributed by atoms with E-state index in [9.17, 15) is 0 Å². The van der Waals surface area contributed by atoms with Crippen LogP contribution in [0, 0.1) is 6.92 Å². The minimum Gasteiger partial charge on any atom is -0.383 e. The number of hydroxylamine groups is 2. The van der Waals surface area contributed by atoms with Gasteiger partial charge in [-0.1, -0.05) is 13.3 Å². The minimum atomic E-state index is 0.642. The lowest BCUT2D eigenvalue weighted by atomic mass is 10.1. The summed E-state index contributed by atoms with van der Waals surface area (Å²) in [4.78, 5) is 17.1. The zero-order valence-electron chi connectivity index (χ0n) is 13.7. The Balaban J connectivity index is 2.13. The quantitative estimate of drug-likeness (QED) is 0.905. The molecule has 1 N–H and O–H groups in total. The van der Waals surface area contributed by atoms with Gasteiger partial charge in [0.2, 0.25) is 0 Å². The van der Waals surface area contributed by atoms with Gasteiger partial charge in [0, 0.05) is 12.7 Å². The van der Waals surface area contributed by atoms with Crippen LogP contribution in [0.3, 0.4) is 0 Å². The van der Waals surface area contributed by atoms with E-state index in [1.807, 2.05) is 17.5 Å². The number of aromatic nitrogens is 1. The molecular formula is C16H23N5O. The molecule has 0 spiro atoms. The highest BCUT2D eigenvalue weighted by Gasteiger charge is 2.33. The second-order valence-corrected chi connectivity index (χ2v) is 5.51. The molecule has 2 aliphatic heterocycles. The molecule has 22 heavy (non-hydrogen) atoms. The monoisotopic (exact) mass is 301 g/mol. The molecule has 0 saturated carbocycles. The zero-order valence-corrected chi connectivity index (χ0v) is 13.7. The number of hydrogen-bond acceptors (Lipinski definition) is 6. The predicted molar refractivity (Wildman–Crippen MR) is 89.4 cm³/mol. The summed E-state index contributed by atoms with van der Waals surface area (Å²) < 4.78 is 0. The Kier molecular flexibility index (Phi) is 4.02. The number of aliphatic imine (C=N–C) groups is 1. The van der Waals surface area contributed by atoms with Crippen LogP contribution in [0.25, 0.3) is 0 Å². The summed E-state index contributed by atoms with van der Waals surface area (Å²) in [6, 6.07) is 0. The molecule has 2 aliphatic rings. The number of rotatable bonds is 5. The Hall–Kier alpha value is -2.08. The van der Waals surface area contributed by atoms with E-state index in [-0.39, 0.29) is 0 Å². The highest BCUT2D eigenvalue weighted by Crippen LogP contribution is 2.43. The van der Waals surface area contributed by atoms with Crippen molar-refractivity contribution in [3.63, 3.8) is 0 Å². The molecule has 0 saturated heterocycles. The number of nitrogens with one attached hydrogen (secondary N) is 1. The predicted octanol–water partition coefficient (Wildman–Crippen LogP) is 3.19. The van der Waals surface area contributed by atoms with E-state index in [0.717, 1.165) is 53.6 Å². The number of pyridine rings is 1. The van der Waals surface area contributed by atoms with Gasteiger partial charge in [0.05, 0.1) is 30.4 Å². The highest BCUT2D eigenvalue weighted by atomic mass is 16.7. The molecule has 1 aromatic heterocycles. The normalized spacial score (nSPS) is 16.2. The Morgan fingerprint density at radius 2 is 2.18 bits per heavy atom. The second-order valence-electron chi connectivity index (χ2n) is 5.51. The molecule has 0 aromatic carbocycles. The van der Waals surface area contributed by atoms with Gasteiger partial charge >= 0.3 is 0 Å². The molecule has 3 heterocycles. The molecule has 118 valence electrons. The van der Waals surface area contributed by atoms with E-state index in [1.165, 1.54) is 0 Å². The van der Waals surface area contributed by atoms with Gasteiger partial charge in [-0.25, -0.2) is 15.0 Å². The van der Waals surface area contributed by atoms with Gasteiger partial charge < -0.3 is 10.2 Å². The third-order valence-corrected chi connectivity index (χ3v) is 3.93. The van der Waals surface area contributed by atoms with Crippen molar-refractivity contribution < 1.29 is 4.84 Å². The number of aryl methyl sites for hydroxylation is 1. The standard InChI is InChI=1S/C16H23N5O/c1-5-7-12-13-9-20(22-4)10-21(13)16-15(19-12)14(17-6-2)11(3)8-18-16/h8-9H,5-7,10H2,1-4H3,(H,17,18). The number of hydrogen-bond donors (Lipinski definition) is 1. The number of allylic oxidation sites excluding steroid dienone is 1. The lowest BCUT2D eigenvalue weighted by molar-refractivity contribution is -0.0790. The van der Waals surface area contributed by atoms with E-state index in [1.54, 1.807) is 7.11 Å². The van der Waals surface area contributed by atoms with Crippen LogP contribution in [0.1, 0.15) is 32.3 Å². The summed E-state index contributed by atoms with van der Waals surface area (Å²) in [6.07, 6.45) is 5.91. The van der Waals surface area contributed by atoms with Crippen LogP contribution in [-0.2, 0) is 4.84 Å². The van der Waals surface area contributed by atoms with Crippen LogP contribution in [0.15, 0.2) is 23.1 Å². The fourth-order valence-corrected chi connectivity index (χ4v) is 2.88. The van der Waals surface area contributed by atoms with Crippen molar-refractivity contribution in [1.82, 2.24) is 10.0 Å². The van der Waals surface area contributed by atoms with Crippen molar-refractivity contribution in [3.8, 4) is 0 Å². The topological polar surface area (TPSA) is 53.0 Å². The molecule has 0 unspecified atom stereocenters. The Bertz CT molecular complexity index is 638. The van der Waals surface area contributed by atoms with Crippen molar-refractivity contribution in [2.75, 3.05) is 30.5 Å². The molecule has 3 rings (SSSR count). The van der Waals surface area contributed by atoms with Crippen LogP contribution in [0.5, 0.6) is 0 Å². The molecule has 0 amide bonds. The van der Waals surface area contributed by atoms with Crippen molar-refractivity contribution in [3.05, 3.63) is 23.7 Å². The number of nitrogens with zero attached hydrogens (tertiary/aromatic N) is 4. The molecule has 0 atom stereocenters. The number of fused-ring (bicyclic) bond motifs is 3.